The third kappa shape index (κ3) is 1.93. The Hall–Kier alpha value is -1.03. The minimum Gasteiger partial charge on any atom is -0.400 e. The fourth-order valence-corrected chi connectivity index (χ4v) is 2.95. The maximum absolute atomic E-state index is 12.4. The van der Waals surface area contributed by atoms with Gasteiger partial charge in [0, 0.05) is 36.9 Å². The summed E-state index contributed by atoms with van der Waals surface area (Å²) in [5.74, 6) is 0.781. The molecule has 1 unspecified atom stereocenters. The SMILES string of the molecule is [B]n1c(CN2CC(CF)C2)cc2c1C=CCC2C. The van der Waals surface area contributed by atoms with Gasteiger partial charge < -0.3 is 4.48 Å². The zero-order chi connectivity index (χ0) is 12.7. The van der Waals surface area contributed by atoms with Crippen LogP contribution in [0.25, 0.3) is 6.08 Å². The Balaban J connectivity index is 1.76. The Morgan fingerprint density at radius 3 is 2.89 bits per heavy atom. The van der Waals surface area contributed by atoms with E-state index in [9.17, 15) is 4.39 Å². The van der Waals surface area contributed by atoms with Crippen molar-refractivity contribution in [3.05, 3.63) is 29.1 Å². The lowest BCUT2D eigenvalue weighted by molar-refractivity contribution is 0.0724. The summed E-state index contributed by atoms with van der Waals surface area (Å²) in [6.45, 7) is 4.58. The highest BCUT2D eigenvalue weighted by atomic mass is 19.1. The normalized spacial score (nSPS) is 24.0. The molecule has 0 aromatic carbocycles. The second kappa shape index (κ2) is 4.58. The predicted molar refractivity (Wildman–Crippen MR) is 72.4 cm³/mol. The highest BCUT2D eigenvalue weighted by Gasteiger charge is 2.27. The van der Waals surface area contributed by atoms with Crippen molar-refractivity contribution in [3.63, 3.8) is 0 Å². The first-order valence-corrected chi connectivity index (χ1v) is 6.63. The average molecular weight is 244 g/mol. The number of nitrogens with zero attached hydrogens (tertiary/aromatic N) is 2. The molecule has 3 rings (SSSR count). The molecule has 2 heterocycles. The fourth-order valence-electron chi connectivity index (χ4n) is 2.95. The second-order valence-corrected chi connectivity index (χ2v) is 5.60. The third-order valence-corrected chi connectivity index (χ3v) is 4.12. The van der Waals surface area contributed by atoms with Crippen LogP contribution in [0.15, 0.2) is 12.1 Å². The minimum absolute atomic E-state index is 0.198. The molecule has 94 valence electrons. The standard InChI is InChI=1S/C14H18BFN2/c1-10-3-2-4-14-13(10)5-12(18(14)15)9-17-7-11(6-16)8-17/h2,4-5,10-11H,3,6-9H2,1H3. The van der Waals surface area contributed by atoms with Crippen LogP contribution in [-0.4, -0.2) is 37.1 Å². The molecule has 0 amide bonds. The van der Waals surface area contributed by atoms with Gasteiger partial charge in [-0.05, 0) is 30.0 Å². The zero-order valence-electron chi connectivity index (χ0n) is 10.8. The molecule has 1 saturated heterocycles. The van der Waals surface area contributed by atoms with E-state index in [1.807, 2.05) is 0 Å². The number of fused-ring (bicyclic) bond motifs is 1. The number of alkyl halides is 1. The van der Waals surface area contributed by atoms with Crippen LogP contribution < -0.4 is 0 Å². The van der Waals surface area contributed by atoms with Crippen molar-refractivity contribution in [2.24, 2.45) is 5.92 Å². The predicted octanol–water partition coefficient (Wildman–Crippen LogP) is 2.34. The lowest BCUT2D eigenvalue weighted by Gasteiger charge is -2.37. The smallest absolute Gasteiger partial charge is 0.234 e. The topological polar surface area (TPSA) is 8.17 Å². The zero-order valence-corrected chi connectivity index (χ0v) is 10.8. The van der Waals surface area contributed by atoms with Gasteiger partial charge in [0.05, 0.1) is 6.67 Å². The van der Waals surface area contributed by atoms with Crippen molar-refractivity contribution in [3.8, 4) is 0 Å². The first-order chi connectivity index (χ1) is 8.69. The number of rotatable bonds is 3. The molecular formula is C14H18BFN2. The van der Waals surface area contributed by atoms with E-state index in [1.165, 1.54) is 5.56 Å². The summed E-state index contributed by atoms with van der Waals surface area (Å²) in [6.07, 6.45) is 5.38. The number of allylic oxidation sites excluding steroid dienone is 1. The summed E-state index contributed by atoms with van der Waals surface area (Å²) >= 11 is 0. The molecule has 0 N–H and O–H groups in total. The minimum atomic E-state index is -0.198. The molecule has 1 aliphatic carbocycles. The van der Waals surface area contributed by atoms with Crippen LogP contribution in [0.1, 0.15) is 36.2 Å². The number of halogens is 1. The van der Waals surface area contributed by atoms with Gasteiger partial charge in [-0.15, -0.1) is 0 Å². The van der Waals surface area contributed by atoms with Crippen molar-refractivity contribution in [2.75, 3.05) is 19.8 Å². The molecule has 0 bridgehead atoms. The van der Waals surface area contributed by atoms with Crippen molar-refractivity contribution >= 4 is 14.1 Å². The van der Waals surface area contributed by atoms with Crippen LogP contribution in [0.4, 0.5) is 4.39 Å². The molecule has 0 spiro atoms. The first kappa shape index (κ1) is 12.0. The molecule has 1 atom stereocenters. The van der Waals surface area contributed by atoms with Crippen molar-refractivity contribution < 1.29 is 4.39 Å². The van der Waals surface area contributed by atoms with Crippen LogP contribution in [-0.2, 0) is 6.54 Å². The van der Waals surface area contributed by atoms with Gasteiger partial charge in [0.15, 0.2) is 0 Å². The van der Waals surface area contributed by atoms with Gasteiger partial charge >= 0.3 is 0 Å². The molecular weight excluding hydrogens is 226 g/mol. The highest BCUT2D eigenvalue weighted by molar-refractivity contribution is 6.08. The second-order valence-electron chi connectivity index (χ2n) is 5.60. The van der Waals surface area contributed by atoms with Gasteiger partial charge in [0.1, 0.15) is 0 Å². The van der Waals surface area contributed by atoms with Gasteiger partial charge in [-0.2, -0.15) is 0 Å². The molecule has 0 saturated carbocycles. The Morgan fingerprint density at radius 1 is 1.44 bits per heavy atom. The van der Waals surface area contributed by atoms with Gasteiger partial charge in [-0.25, -0.2) is 0 Å². The highest BCUT2D eigenvalue weighted by Crippen LogP contribution is 2.32. The molecule has 1 aliphatic heterocycles. The van der Waals surface area contributed by atoms with Crippen LogP contribution in [0, 0.1) is 5.92 Å². The van der Waals surface area contributed by atoms with Crippen LogP contribution >= 0.6 is 0 Å². The van der Waals surface area contributed by atoms with E-state index in [4.69, 9.17) is 7.98 Å². The van der Waals surface area contributed by atoms with Crippen LogP contribution in [0.3, 0.4) is 0 Å². The summed E-state index contributed by atoms with van der Waals surface area (Å²) in [6, 6.07) is 2.21. The lowest BCUT2D eigenvalue weighted by Crippen LogP contribution is -2.47. The summed E-state index contributed by atoms with van der Waals surface area (Å²) in [5.41, 5.74) is 3.61. The van der Waals surface area contributed by atoms with Crippen molar-refractivity contribution in [1.82, 2.24) is 9.38 Å². The molecule has 1 aromatic rings. The van der Waals surface area contributed by atoms with Crippen molar-refractivity contribution in [1.29, 1.82) is 0 Å². The fraction of sp³-hybridized carbons (Fsp3) is 0.571. The summed E-state index contributed by atoms with van der Waals surface area (Å²) < 4.78 is 14.2. The van der Waals surface area contributed by atoms with Gasteiger partial charge in [0.25, 0.3) is 0 Å². The quantitative estimate of drug-likeness (QED) is 0.741. The molecule has 2 aliphatic rings. The summed E-state index contributed by atoms with van der Waals surface area (Å²) in [4.78, 5) is 2.25. The van der Waals surface area contributed by atoms with E-state index in [0.717, 1.165) is 37.4 Å². The van der Waals surface area contributed by atoms with Gasteiger partial charge in [0.2, 0.25) is 7.98 Å². The van der Waals surface area contributed by atoms with Gasteiger partial charge in [-0.3, -0.25) is 9.29 Å². The van der Waals surface area contributed by atoms with E-state index >= 15 is 0 Å². The Labute approximate surface area is 109 Å². The van der Waals surface area contributed by atoms with E-state index in [-0.39, 0.29) is 12.6 Å². The van der Waals surface area contributed by atoms with Crippen LogP contribution in [0.2, 0.25) is 0 Å². The van der Waals surface area contributed by atoms with E-state index in [1.54, 1.807) is 4.48 Å². The Morgan fingerprint density at radius 2 is 2.22 bits per heavy atom. The maximum atomic E-state index is 12.4. The molecule has 4 heteroatoms. The molecule has 2 radical (unpaired) electrons. The maximum Gasteiger partial charge on any atom is 0.234 e. The number of hydrogen-bond donors (Lipinski definition) is 0. The summed E-state index contributed by atoms with van der Waals surface area (Å²) in [5, 5.41) is 0. The largest absolute Gasteiger partial charge is 0.400 e. The summed E-state index contributed by atoms with van der Waals surface area (Å²) in [7, 11) is 6.15. The lowest BCUT2D eigenvalue weighted by atomic mass is 9.93. The Kier molecular flexibility index (Phi) is 3.06. The monoisotopic (exact) mass is 244 g/mol. The van der Waals surface area contributed by atoms with E-state index < -0.39 is 0 Å². The van der Waals surface area contributed by atoms with E-state index in [0.29, 0.717) is 5.92 Å². The molecule has 18 heavy (non-hydrogen) atoms. The first-order valence-electron chi connectivity index (χ1n) is 6.63. The number of hydrogen-bond acceptors (Lipinski definition) is 1. The third-order valence-electron chi connectivity index (χ3n) is 4.12. The van der Waals surface area contributed by atoms with Crippen LogP contribution in [0.5, 0.6) is 0 Å². The average Bonchev–Trinajstić information content (AvgIpc) is 2.63. The van der Waals surface area contributed by atoms with Gasteiger partial charge in [-0.1, -0.05) is 13.0 Å². The molecule has 1 fully saturated rings. The van der Waals surface area contributed by atoms with Crippen molar-refractivity contribution in [2.45, 2.75) is 25.8 Å². The number of likely N-dealkylation sites (tertiary alicyclic amines) is 1. The molecule has 2 nitrogen and oxygen atoms in total. The molecule has 1 aromatic heterocycles. The number of aromatic nitrogens is 1. The Bertz CT molecular complexity index is 474. The van der Waals surface area contributed by atoms with E-state index in [2.05, 4.69) is 30.0 Å².